The SMILES string of the molecule is CNCCC1CCCCN1CC(=O)N1CC(C)OC(C)C1. The third-order valence-corrected chi connectivity index (χ3v) is 4.59. The van der Waals surface area contributed by atoms with Gasteiger partial charge in [0, 0.05) is 19.1 Å². The summed E-state index contributed by atoms with van der Waals surface area (Å²) in [5.74, 6) is 0.272. The van der Waals surface area contributed by atoms with Gasteiger partial charge in [0.15, 0.2) is 0 Å². The molecule has 21 heavy (non-hydrogen) atoms. The number of piperidine rings is 1. The molecule has 0 aliphatic carbocycles. The molecule has 5 nitrogen and oxygen atoms in total. The van der Waals surface area contributed by atoms with Crippen LogP contribution in [0.2, 0.25) is 0 Å². The summed E-state index contributed by atoms with van der Waals surface area (Å²) in [5, 5.41) is 3.23. The van der Waals surface area contributed by atoms with Crippen LogP contribution in [0.3, 0.4) is 0 Å². The molecule has 0 aromatic carbocycles. The quantitative estimate of drug-likeness (QED) is 0.825. The first-order valence-electron chi connectivity index (χ1n) is 8.42. The number of carbonyl (C=O) groups excluding carboxylic acids is 1. The minimum Gasteiger partial charge on any atom is -0.372 e. The minimum atomic E-state index is 0.152. The fraction of sp³-hybridized carbons (Fsp3) is 0.938. The van der Waals surface area contributed by atoms with Gasteiger partial charge in [0.1, 0.15) is 0 Å². The molecule has 0 saturated carbocycles. The highest BCUT2D eigenvalue weighted by Gasteiger charge is 2.29. The van der Waals surface area contributed by atoms with Crippen LogP contribution in [0.15, 0.2) is 0 Å². The Labute approximate surface area is 129 Å². The van der Waals surface area contributed by atoms with Crippen molar-refractivity contribution in [3.63, 3.8) is 0 Å². The van der Waals surface area contributed by atoms with E-state index in [4.69, 9.17) is 4.74 Å². The second-order valence-electron chi connectivity index (χ2n) is 6.57. The van der Waals surface area contributed by atoms with E-state index in [-0.39, 0.29) is 18.1 Å². The zero-order valence-electron chi connectivity index (χ0n) is 13.8. The summed E-state index contributed by atoms with van der Waals surface area (Å²) in [7, 11) is 1.99. The van der Waals surface area contributed by atoms with E-state index in [0.29, 0.717) is 12.6 Å². The summed E-state index contributed by atoms with van der Waals surface area (Å²) in [4.78, 5) is 17.0. The first kappa shape index (κ1) is 16.7. The van der Waals surface area contributed by atoms with Crippen molar-refractivity contribution >= 4 is 5.91 Å². The lowest BCUT2D eigenvalue weighted by Crippen LogP contribution is -2.53. The number of likely N-dealkylation sites (tertiary alicyclic amines) is 1. The molecule has 0 radical (unpaired) electrons. The molecule has 2 fully saturated rings. The largest absolute Gasteiger partial charge is 0.372 e. The molecule has 0 aromatic rings. The van der Waals surface area contributed by atoms with Crippen molar-refractivity contribution in [1.29, 1.82) is 0 Å². The van der Waals surface area contributed by atoms with Gasteiger partial charge < -0.3 is 15.0 Å². The Morgan fingerprint density at radius 2 is 1.95 bits per heavy atom. The summed E-state index contributed by atoms with van der Waals surface area (Å²) in [6, 6.07) is 0.561. The number of morpholine rings is 1. The third-order valence-electron chi connectivity index (χ3n) is 4.59. The predicted molar refractivity (Wildman–Crippen MR) is 84.3 cm³/mol. The Hall–Kier alpha value is -0.650. The maximum atomic E-state index is 12.6. The van der Waals surface area contributed by atoms with Crippen LogP contribution in [-0.4, -0.2) is 73.7 Å². The van der Waals surface area contributed by atoms with Gasteiger partial charge in [-0.15, -0.1) is 0 Å². The number of hydrogen-bond donors (Lipinski definition) is 1. The lowest BCUT2D eigenvalue weighted by atomic mass is 9.99. The average molecular weight is 297 g/mol. The molecule has 3 atom stereocenters. The molecular formula is C16H31N3O2. The highest BCUT2D eigenvalue weighted by molar-refractivity contribution is 5.78. The zero-order valence-corrected chi connectivity index (χ0v) is 13.8. The van der Waals surface area contributed by atoms with Crippen LogP contribution in [0.4, 0.5) is 0 Å². The molecule has 122 valence electrons. The lowest BCUT2D eigenvalue weighted by Gasteiger charge is -2.39. The maximum absolute atomic E-state index is 12.6. The van der Waals surface area contributed by atoms with Crippen LogP contribution >= 0.6 is 0 Å². The third kappa shape index (κ3) is 4.94. The van der Waals surface area contributed by atoms with E-state index in [1.165, 1.54) is 19.3 Å². The molecule has 0 bridgehead atoms. The van der Waals surface area contributed by atoms with Crippen molar-refractivity contribution < 1.29 is 9.53 Å². The van der Waals surface area contributed by atoms with Gasteiger partial charge in [-0.25, -0.2) is 0 Å². The number of nitrogens with zero attached hydrogens (tertiary/aromatic N) is 2. The Kier molecular flexibility index (Phi) is 6.45. The van der Waals surface area contributed by atoms with Crippen molar-refractivity contribution in [2.75, 3.05) is 39.8 Å². The molecule has 2 aliphatic heterocycles. The maximum Gasteiger partial charge on any atom is 0.236 e. The highest BCUT2D eigenvalue weighted by atomic mass is 16.5. The van der Waals surface area contributed by atoms with Crippen LogP contribution < -0.4 is 5.32 Å². The van der Waals surface area contributed by atoms with Gasteiger partial charge in [0.05, 0.1) is 18.8 Å². The molecule has 0 aromatic heterocycles. The Morgan fingerprint density at radius 1 is 1.24 bits per heavy atom. The van der Waals surface area contributed by atoms with Gasteiger partial charge in [-0.05, 0) is 53.2 Å². The number of carbonyl (C=O) groups is 1. The zero-order chi connectivity index (χ0) is 15.2. The van der Waals surface area contributed by atoms with E-state index in [9.17, 15) is 4.79 Å². The highest BCUT2D eigenvalue weighted by Crippen LogP contribution is 2.20. The molecule has 2 saturated heterocycles. The van der Waals surface area contributed by atoms with Crippen molar-refractivity contribution in [2.24, 2.45) is 0 Å². The van der Waals surface area contributed by atoms with Gasteiger partial charge in [-0.1, -0.05) is 6.42 Å². The molecule has 2 rings (SSSR count). The topological polar surface area (TPSA) is 44.8 Å². The second-order valence-corrected chi connectivity index (χ2v) is 6.57. The van der Waals surface area contributed by atoms with E-state index >= 15 is 0 Å². The van der Waals surface area contributed by atoms with E-state index in [2.05, 4.69) is 10.2 Å². The normalized spacial score (nSPS) is 31.4. The summed E-state index contributed by atoms with van der Waals surface area (Å²) in [6.45, 7) is 8.24. The van der Waals surface area contributed by atoms with E-state index in [1.54, 1.807) is 0 Å². The minimum absolute atomic E-state index is 0.152. The van der Waals surface area contributed by atoms with Crippen molar-refractivity contribution in [3.8, 4) is 0 Å². The Morgan fingerprint density at radius 3 is 2.62 bits per heavy atom. The van der Waals surface area contributed by atoms with Crippen LogP contribution in [0.1, 0.15) is 39.5 Å². The molecule has 3 unspecified atom stereocenters. The first-order chi connectivity index (χ1) is 10.1. The van der Waals surface area contributed by atoms with Gasteiger partial charge in [-0.3, -0.25) is 9.69 Å². The van der Waals surface area contributed by atoms with E-state index in [1.807, 2.05) is 25.8 Å². The van der Waals surface area contributed by atoms with Crippen LogP contribution in [-0.2, 0) is 9.53 Å². The standard InChI is InChI=1S/C16H31N3O2/c1-13-10-19(11-14(2)21-13)16(20)12-18-9-5-4-6-15(18)7-8-17-3/h13-15,17H,4-12H2,1-3H3. The van der Waals surface area contributed by atoms with E-state index in [0.717, 1.165) is 32.6 Å². The number of rotatable bonds is 5. The van der Waals surface area contributed by atoms with Crippen LogP contribution in [0.5, 0.6) is 0 Å². The average Bonchev–Trinajstić information content (AvgIpc) is 2.45. The summed E-state index contributed by atoms with van der Waals surface area (Å²) in [5.41, 5.74) is 0. The fourth-order valence-electron chi connectivity index (χ4n) is 3.56. The van der Waals surface area contributed by atoms with Crippen molar-refractivity contribution in [3.05, 3.63) is 0 Å². The lowest BCUT2D eigenvalue weighted by molar-refractivity contribution is -0.145. The molecule has 0 spiro atoms. The molecule has 1 amide bonds. The van der Waals surface area contributed by atoms with Crippen LogP contribution in [0.25, 0.3) is 0 Å². The smallest absolute Gasteiger partial charge is 0.236 e. The molecule has 2 heterocycles. The fourth-order valence-corrected chi connectivity index (χ4v) is 3.56. The molecular weight excluding hydrogens is 266 g/mol. The van der Waals surface area contributed by atoms with E-state index < -0.39 is 0 Å². The molecule has 1 N–H and O–H groups in total. The monoisotopic (exact) mass is 297 g/mol. The summed E-state index contributed by atoms with van der Waals surface area (Å²) >= 11 is 0. The Balaban J connectivity index is 1.87. The van der Waals surface area contributed by atoms with Gasteiger partial charge >= 0.3 is 0 Å². The van der Waals surface area contributed by atoms with Crippen molar-refractivity contribution in [2.45, 2.75) is 57.8 Å². The first-order valence-corrected chi connectivity index (χ1v) is 8.42. The van der Waals surface area contributed by atoms with Gasteiger partial charge in [0.2, 0.25) is 5.91 Å². The van der Waals surface area contributed by atoms with Crippen LogP contribution in [0, 0.1) is 0 Å². The summed E-state index contributed by atoms with van der Waals surface area (Å²) in [6.07, 6.45) is 5.19. The molecule has 5 heteroatoms. The Bertz CT molecular complexity index is 327. The second kappa shape index (κ2) is 8.11. The number of amides is 1. The number of ether oxygens (including phenoxy) is 1. The van der Waals surface area contributed by atoms with Gasteiger partial charge in [0.25, 0.3) is 0 Å². The number of hydrogen-bond acceptors (Lipinski definition) is 4. The predicted octanol–water partition coefficient (Wildman–Crippen LogP) is 1.09. The van der Waals surface area contributed by atoms with Gasteiger partial charge in [-0.2, -0.15) is 0 Å². The number of nitrogens with one attached hydrogen (secondary N) is 1. The van der Waals surface area contributed by atoms with Crippen molar-refractivity contribution in [1.82, 2.24) is 15.1 Å². The molecule has 2 aliphatic rings. The summed E-state index contributed by atoms with van der Waals surface area (Å²) < 4.78 is 5.71.